The Morgan fingerprint density at radius 2 is 0.667 bits per heavy atom. The number of nitrogens with zero attached hydrogens (tertiary/aromatic N) is 4. The maximum absolute atomic E-state index is 9.27. The van der Waals surface area contributed by atoms with Crippen molar-refractivity contribution in [3.05, 3.63) is 199 Å². The summed E-state index contributed by atoms with van der Waals surface area (Å²) in [5.41, 5.74) is 14.0. The fourth-order valence-electron chi connectivity index (χ4n) is 11.3. The summed E-state index contributed by atoms with van der Waals surface area (Å²) in [6.07, 6.45) is 7.67. The second-order valence-corrected chi connectivity index (χ2v) is 17.6. The molecule has 8 aromatic rings. The fraction of sp³-hybridized carbons (Fsp3) is 0.179. The average Bonchev–Trinajstić information content (AvgIpc) is 3.32. The Morgan fingerprint density at radius 3 is 1.03 bits per heavy atom. The molecule has 0 aliphatic heterocycles. The van der Waals surface area contributed by atoms with Crippen molar-refractivity contribution in [1.29, 1.82) is 5.26 Å². The van der Waals surface area contributed by atoms with E-state index in [1.165, 1.54) is 66.3 Å². The van der Waals surface area contributed by atoms with Crippen LogP contribution in [0.2, 0.25) is 0 Å². The van der Waals surface area contributed by atoms with Crippen LogP contribution in [0.5, 0.6) is 0 Å². The highest BCUT2D eigenvalue weighted by atomic mass is 15.0. The molecule has 4 bridgehead atoms. The average molecular weight is 773 g/mol. The smallest absolute Gasteiger partial charge is 0.164 e. The number of nitriles is 1. The first-order chi connectivity index (χ1) is 29.5. The van der Waals surface area contributed by atoms with Crippen LogP contribution in [-0.4, -0.2) is 15.0 Å². The lowest BCUT2D eigenvalue weighted by Gasteiger charge is -2.63. The van der Waals surface area contributed by atoms with Crippen molar-refractivity contribution >= 4 is 0 Å². The van der Waals surface area contributed by atoms with E-state index in [0.29, 0.717) is 23.0 Å². The molecule has 12 rings (SSSR count). The Bertz CT molecular complexity index is 2730. The molecule has 2 atom stereocenters. The Morgan fingerprint density at radius 1 is 0.367 bits per heavy atom. The van der Waals surface area contributed by atoms with E-state index in [1.807, 2.05) is 24.3 Å². The molecular formula is C56H44N4. The molecule has 1 heterocycles. The second-order valence-electron chi connectivity index (χ2n) is 17.6. The lowest BCUT2D eigenvalue weighted by molar-refractivity contribution is -0.0281. The Labute approximate surface area is 352 Å². The van der Waals surface area contributed by atoms with Crippen molar-refractivity contribution in [1.82, 2.24) is 15.0 Å². The van der Waals surface area contributed by atoms with Gasteiger partial charge in [-0.25, -0.2) is 15.0 Å². The number of hydrogen-bond donors (Lipinski definition) is 0. The molecular weight excluding hydrogens is 729 g/mol. The zero-order valence-corrected chi connectivity index (χ0v) is 33.5. The first kappa shape index (κ1) is 36.1. The van der Waals surface area contributed by atoms with Gasteiger partial charge < -0.3 is 0 Å². The Hall–Kier alpha value is -6.96. The maximum atomic E-state index is 9.27. The molecule has 4 aliphatic carbocycles. The fourth-order valence-corrected chi connectivity index (χ4v) is 11.3. The third-order valence-electron chi connectivity index (χ3n) is 13.8. The van der Waals surface area contributed by atoms with E-state index < -0.39 is 0 Å². The van der Waals surface area contributed by atoms with Gasteiger partial charge in [0.05, 0.1) is 11.6 Å². The van der Waals surface area contributed by atoms with Crippen LogP contribution in [0.25, 0.3) is 67.5 Å². The second kappa shape index (κ2) is 14.7. The Balaban J connectivity index is 0.918. The highest BCUT2D eigenvalue weighted by Gasteiger charge is 2.58. The predicted molar refractivity (Wildman–Crippen MR) is 242 cm³/mol. The monoisotopic (exact) mass is 772 g/mol. The van der Waals surface area contributed by atoms with Gasteiger partial charge in [0.25, 0.3) is 0 Å². The van der Waals surface area contributed by atoms with Crippen molar-refractivity contribution in [2.75, 3.05) is 0 Å². The zero-order chi connectivity index (χ0) is 40.1. The van der Waals surface area contributed by atoms with Crippen LogP contribution < -0.4 is 0 Å². The molecule has 1 aromatic heterocycles. The van der Waals surface area contributed by atoms with Gasteiger partial charge >= 0.3 is 0 Å². The summed E-state index contributed by atoms with van der Waals surface area (Å²) >= 11 is 0. The highest BCUT2D eigenvalue weighted by molar-refractivity contribution is 5.72. The summed E-state index contributed by atoms with van der Waals surface area (Å²) in [5, 5.41) is 9.27. The Kier molecular flexibility index (Phi) is 8.85. The van der Waals surface area contributed by atoms with Crippen molar-refractivity contribution in [3.63, 3.8) is 0 Å². The number of rotatable bonds is 8. The minimum Gasteiger partial charge on any atom is -0.208 e. The molecule has 4 aliphatic rings. The number of hydrogen-bond acceptors (Lipinski definition) is 4. The van der Waals surface area contributed by atoms with Gasteiger partial charge in [0, 0.05) is 16.7 Å². The van der Waals surface area contributed by atoms with Crippen LogP contribution in [-0.2, 0) is 10.8 Å². The van der Waals surface area contributed by atoms with Gasteiger partial charge in [-0.3, -0.25) is 0 Å². The molecule has 60 heavy (non-hydrogen) atoms. The van der Waals surface area contributed by atoms with Crippen molar-refractivity contribution in [3.8, 4) is 73.6 Å². The van der Waals surface area contributed by atoms with Gasteiger partial charge in [-0.15, -0.1) is 0 Å². The van der Waals surface area contributed by atoms with E-state index >= 15 is 0 Å². The highest BCUT2D eigenvalue weighted by Crippen LogP contribution is 2.66. The summed E-state index contributed by atoms with van der Waals surface area (Å²) in [7, 11) is 0. The molecule has 4 saturated carbocycles. The van der Waals surface area contributed by atoms with E-state index in [2.05, 4.69) is 164 Å². The van der Waals surface area contributed by atoms with Crippen molar-refractivity contribution < 1.29 is 0 Å². The van der Waals surface area contributed by atoms with E-state index in [9.17, 15) is 5.26 Å². The standard InChI is InChI=1S/C56H44N4/c57-36-38-11-13-43(14-12-38)46-23-27-50(28-24-46)55-32-39-31-40(33-55)35-56(34-39,37-55)51-29-25-49(26-30-51)54-59-52(47-19-15-44(16-20-47)41-7-3-1-4-8-41)58-53(60-54)48-21-17-45(18-22-48)42-9-5-2-6-10-42/h1-30,39-40H,31-35,37H2. The SMILES string of the molecule is N#Cc1ccc(-c2ccc(C34CC5CC(C3)CC(c3ccc(-c6nc(-c7ccc(-c8ccccc8)cc7)nc(-c7ccc(-c8ccccc8)cc7)n6)cc3)(C5)C4)cc2)cc1. The van der Waals surface area contributed by atoms with Crippen LogP contribution >= 0.6 is 0 Å². The molecule has 4 heteroatoms. The van der Waals surface area contributed by atoms with Crippen molar-refractivity contribution in [2.45, 2.75) is 49.4 Å². The minimum absolute atomic E-state index is 0.171. The zero-order valence-electron chi connectivity index (χ0n) is 33.5. The molecule has 7 aromatic carbocycles. The summed E-state index contributed by atoms with van der Waals surface area (Å²) < 4.78 is 0. The summed E-state index contributed by atoms with van der Waals surface area (Å²) in [4.78, 5) is 15.4. The minimum atomic E-state index is 0.171. The maximum Gasteiger partial charge on any atom is 0.164 e. The van der Waals surface area contributed by atoms with Gasteiger partial charge in [0.1, 0.15) is 0 Å². The summed E-state index contributed by atoms with van der Waals surface area (Å²) in [6, 6.07) is 66.9. The molecule has 2 unspecified atom stereocenters. The third kappa shape index (κ3) is 6.61. The molecule has 0 saturated heterocycles. The third-order valence-corrected chi connectivity index (χ3v) is 13.8. The van der Waals surface area contributed by atoms with Crippen LogP contribution in [0.3, 0.4) is 0 Å². The lowest BCUT2D eigenvalue weighted by Crippen LogP contribution is -2.55. The van der Waals surface area contributed by atoms with E-state index in [0.717, 1.165) is 45.2 Å². The van der Waals surface area contributed by atoms with Gasteiger partial charge in [0.15, 0.2) is 17.5 Å². The molecule has 0 radical (unpaired) electrons. The van der Waals surface area contributed by atoms with Gasteiger partial charge in [-0.05, 0) is 118 Å². The summed E-state index contributed by atoms with van der Waals surface area (Å²) in [5.74, 6) is 3.52. The molecule has 4 fully saturated rings. The number of aromatic nitrogens is 3. The van der Waals surface area contributed by atoms with Crippen molar-refractivity contribution in [2.24, 2.45) is 11.8 Å². The largest absolute Gasteiger partial charge is 0.208 e. The first-order valence-corrected chi connectivity index (χ1v) is 21.3. The first-order valence-electron chi connectivity index (χ1n) is 21.3. The van der Waals surface area contributed by atoms with Crippen LogP contribution in [0.1, 0.15) is 55.2 Å². The summed E-state index contributed by atoms with van der Waals surface area (Å²) in [6.45, 7) is 0. The van der Waals surface area contributed by atoms with Gasteiger partial charge in [-0.1, -0.05) is 170 Å². The van der Waals surface area contributed by atoms with E-state index in [1.54, 1.807) is 0 Å². The lowest BCUT2D eigenvalue weighted by atomic mass is 9.41. The van der Waals surface area contributed by atoms with Crippen LogP contribution in [0.4, 0.5) is 0 Å². The predicted octanol–water partition coefficient (Wildman–Crippen LogP) is 13.5. The molecule has 0 amide bonds. The van der Waals surface area contributed by atoms with Gasteiger partial charge in [0.2, 0.25) is 0 Å². The molecule has 0 spiro atoms. The molecule has 4 nitrogen and oxygen atoms in total. The quantitative estimate of drug-likeness (QED) is 0.154. The molecule has 0 N–H and O–H groups in total. The normalized spacial score (nSPS) is 21.4. The van der Waals surface area contributed by atoms with E-state index in [4.69, 9.17) is 15.0 Å². The number of benzene rings is 7. The van der Waals surface area contributed by atoms with E-state index in [-0.39, 0.29) is 10.8 Å². The van der Waals surface area contributed by atoms with Crippen LogP contribution in [0, 0.1) is 23.2 Å². The van der Waals surface area contributed by atoms with Gasteiger partial charge in [-0.2, -0.15) is 5.26 Å². The molecule has 288 valence electrons. The topological polar surface area (TPSA) is 62.5 Å². The van der Waals surface area contributed by atoms with Crippen LogP contribution in [0.15, 0.2) is 182 Å².